The topological polar surface area (TPSA) is 67.4 Å². The van der Waals surface area contributed by atoms with Gasteiger partial charge in [-0.05, 0) is 31.5 Å². The average molecular weight is 288 g/mol. The third-order valence-electron chi connectivity index (χ3n) is 3.04. The van der Waals surface area contributed by atoms with Gasteiger partial charge >= 0.3 is 6.09 Å². The molecule has 2 N–H and O–H groups in total. The summed E-state index contributed by atoms with van der Waals surface area (Å²) < 4.78 is 4.84. The number of carbonyl (C=O) groups excluding carboxylic acids is 2. The van der Waals surface area contributed by atoms with Gasteiger partial charge in [0.15, 0.2) is 5.78 Å². The molecule has 1 rings (SSSR count). The number of rotatable bonds is 6. The number of amides is 1. The third kappa shape index (κ3) is 5.13. The van der Waals surface area contributed by atoms with Gasteiger partial charge in [-0.2, -0.15) is 0 Å². The Balaban J connectivity index is 2.66. The Hall–Kier alpha value is -1.98. The molecule has 112 valence electrons. The van der Waals surface area contributed by atoms with E-state index in [1.54, 1.807) is 0 Å². The Morgan fingerprint density at radius 2 is 1.81 bits per heavy atom. The second-order valence-electron chi connectivity index (χ2n) is 5.69. The van der Waals surface area contributed by atoms with Crippen LogP contribution in [0.1, 0.15) is 33.3 Å². The fourth-order valence-corrected chi connectivity index (χ4v) is 2.02. The first-order chi connectivity index (χ1) is 9.76. The Kier molecular flexibility index (Phi) is 5.82. The SMILES string of the molecule is [B]NC(=O)OCc1ccc(NC(C)(C)C(=O)C(C)C)cc1. The molecule has 0 saturated carbocycles. The van der Waals surface area contributed by atoms with Crippen molar-refractivity contribution in [1.82, 2.24) is 5.23 Å². The van der Waals surface area contributed by atoms with Gasteiger partial charge in [0.05, 0.1) is 5.54 Å². The Morgan fingerprint density at radius 1 is 1.24 bits per heavy atom. The number of hydrogen-bond donors (Lipinski definition) is 2. The zero-order valence-electron chi connectivity index (χ0n) is 12.9. The zero-order chi connectivity index (χ0) is 16.0. The Labute approximate surface area is 126 Å². The van der Waals surface area contributed by atoms with Crippen LogP contribution < -0.4 is 10.5 Å². The van der Waals surface area contributed by atoms with Crippen LogP contribution in [0, 0.1) is 5.92 Å². The van der Waals surface area contributed by atoms with Crippen molar-refractivity contribution in [3.63, 3.8) is 0 Å². The maximum Gasteiger partial charge on any atom is 0.394 e. The first-order valence-corrected chi connectivity index (χ1v) is 6.81. The van der Waals surface area contributed by atoms with E-state index in [1.807, 2.05) is 57.2 Å². The highest BCUT2D eigenvalue weighted by atomic mass is 16.5. The van der Waals surface area contributed by atoms with Gasteiger partial charge in [-0.15, -0.1) is 0 Å². The summed E-state index contributed by atoms with van der Waals surface area (Å²) in [6, 6.07) is 7.33. The van der Waals surface area contributed by atoms with Crippen molar-refractivity contribution in [2.24, 2.45) is 5.92 Å². The molecule has 1 aromatic carbocycles. The normalized spacial score (nSPS) is 11.1. The molecular formula is C15H21BN2O3. The van der Waals surface area contributed by atoms with Crippen LogP contribution in [-0.2, 0) is 16.1 Å². The lowest BCUT2D eigenvalue weighted by Gasteiger charge is -2.28. The summed E-state index contributed by atoms with van der Waals surface area (Å²) in [5.41, 5.74) is 1.03. The molecule has 6 heteroatoms. The van der Waals surface area contributed by atoms with E-state index < -0.39 is 11.6 Å². The van der Waals surface area contributed by atoms with Crippen LogP contribution >= 0.6 is 0 Å². The van der Waals surface area contributed by atoms with Crippen molar-refractivity contribution >= 4 is 25.5 Å². The molecule has 0 unspecified atom stereocenters. The van der Waals surface area contributed by atoms with Gasteiger partial charge < -0.3 is 15.3 Å². The average Bonchev–Trinajstić information content (AvgIpc) is 2.44. The van der Waals surface area contributed by atoms with E-state index >= 15 is 0 Å². The maximum atomic E-state index is 12.1. The zero-order valence-corrected chi connectivity index (χ0v) is 12.9. The largest absolute Gasteiger partial charge is 0.446 e. The molecule has 0 aromatic heterocycles. The third-order valence-corrected chi connectivity index (χ3v) is 3.04. The van der Waals surface area contributed by atoms with E-state index in [0.717, 1.165) is 11.3 Å². The van der Waals surface area contributed by atoms with Crippen molar-refractivity contribution in [2.75, 3.05) is 5.32 Å². The lowest BCUT2D eigenvalue weighted by atomic mass is 9.90. The van der Waals surface area contributed by atoms with Crippen LogP contribution in [0.15, 0.2) is 24.3 Å². The quantitative estimate of drug-likeness (QED) is 0.789. The van der Waals surface area contributed by atoms with Gasteiger partial charge in [0.1, 0.15) is 6.61 Å². The van der Waals surface area contributed by atoms with Crippen LogP contribution in [0.2, 0.25) is 0 Å². The van der Waals surface area contributed by atoms with E-state index in [9.17, 15) is 9.59 Å². The van der Waals surface area contributed by atoms with E-state index in [-0.39, 0.29) is 18.3 Å². The molecule has 0 fully saturated rings. The number of carbonyl (C=O) groups is 2. The lowest BCUT2D eigenvalue weighted by Crippen LogP contribution is -2.42. The summed E-state index contributed by atoms with van der Waals surface area (Å²) in [5.74, 6) is 0.115. The predicted molar refractivity (Wildman–Crippen MR) is 83.1 cm³/mol. The second-order valence-corrected chi connectivity index (χ2v) is 5.69. The van der Waals surface area contributed by atoms with Gasteiger partial charge in [0.25, 0.3) is 0 Å². The fourth-order valence-electron chi connectivity index (χ4n) is 2.02. The summed E-state index contributed by atoms with van der Waals surface area (Å²) in [5, 5.41) is 5.10. The number of hydrogen-bond acceptors (Lipinski definition) is 4. The lowest BCUT2D eigenvalue weighted by molar-refractivity contribution is -0.125. The van der Waals surface area contributed by atoms with Crippen molar-refractivity contribution in [2.45, 2.75) is 39.8 Å². The molecule has 1 amide bonds. The smallest absolute Gasteiger partial charge is 0.394 e. The minimum Gasteiger partial charge on any atom is -0.446 e. The predicted octanol–water partition coefficient (Wildman–Crippen LogP) is 2.41. The van der Waals surface area contributed by atoms with Gasteiger partial charge in [-0.3, -0.25) is 4.79 Å². The maximum absolute atomic E-state index is 12.1. The van der Waals surface area contributed by atoms with Crippen LogP contribution in [0.25, 0.3) is 0 Å². The number of benzene rings is 1. The molecule has 0 aliphatic rings. The molecule has 0 heterocycles. The molecule has 0 aliphatic carbocycles. The summed E-state index contributed by atoms with van der Waals surface area (Å²) in [4.78, 5) is 23.0. The van der Waals surface area contributed by atoms with E-state index in [2.05, 4.69) is 5.32 Å². The summed E-state index contributed by atoms with van der Waals surface area (Å²) in [6.45, 7) is 7.62. The number of anilines is 1. The number of nitrogens with one attached hydrogen (secondary N) is 2. The molecule has 21 heavy (non-hydrogen) atoms. The highest BCUT2D eigenvalue weighted by Gasteiger charge is 2.29. The summed E-state index contributed by atoms with van der Waals surface area (Å²) in [6.07, 6.45) is -0.680. The fraction of sp³-hybridized carbons (Fsp3) is 0.467. The van der Waals surface area contributed by atoms with E-state index in [0.29, 0.717) is 0 Å². The van der Waals surface area contributed by atoms with Gasteiger partial charge in [-0.1, -0.05) is 26.0 Å². The van der Waals surface area contributed by atoms with Crippen LogP contribution in [0.3, 0.4) is 0 Å². The van der Waals surface area contributed by atoms with Gasteiger partial charge in [0.2, 0.25) is 7.98 Å². The monoisotopic (exact) mass is 288 g/mol. The molecule has 0 saturated heterocycles. The number of ketones is 1. The van der Waals surface area contributed by atoms with Crippen molar-refractivity contribution in [3.05, 3.63) is 29.8 Å². The first-order valence-electron chi connectivity index (χ1n) is 6.81. The van der Waals surface area contributed by atoms with Crippen LogP contribution in [0.4, 0.5) is 10.5 Å². The molecule has 2 radical (unpaired) electrons. The molecule has 5 nitrogen and oxygen atoms in total. The molecule has 0 spiro atoms. The highest BCUT2D eigenvalue weighted by Crippen LogP contribution is 2.20. The first kappa shape index (κ1) is 17.1. The molecule has 1 aromatic rings. The van der Waals surface area contributed by atoms with Crippen LogP contribution in [0.5, 0.6) is 0 Å². The van der Waals surface area contributed by atoms with Crippen molar-refractivity contribution < 1.29 is 14.3 Å². The molecule has 0 aliphatic heterocycles. The van der Waals surface area contributed by atoms with E-state index in [1.165, 1.54) is 0 Å². The molecular weight excluding hydrogens is 267 g/mol. The minimum atomic E-state index is -0.680. The second kappa shape index (κ2) is 7.15. The van der Waals surface area contributed by atoms with Crippen molar-refractivity contribution in [3.8, 4) is 0 Å². The molecule has 0 bridgehead atoms. The summed E-state index contributed by atoms with van der Waals surface area (Å²) >= 11 is 0. The van der Waals surface area contributed by atoms with E-state index in [4.69, 9.17) is 12.7 Å². The van der Waals surface area contributed by atoms with Gasteiger partial charge in [-0.25, -0.2) is 4.79 Å². The Morgan fingerprint density at radius 3 is 2.29 bits per heavy atom. The van der Waals surface area contributed by atoms with Gasteiger partial charge in [0, 0.05) is 11.6 Å². The standard InChI is InChI=1S/C15H21BN2O3/c1-10(2)13(19)15(3,4)17-12-7-5-11(6-8-12)9-21-14(20)18-16/h5-8,10,17H,9H2,1-4H3,(H,18,20). The van der Waals surface area contributed by atoms with Crippen LogP contribution in [-0.4, -0.2) is 25.4 Å². The van der Waals surface area contributed by atoms with Crippen molar-refractivity contribution in [1.29, 1.82) is 0 Å². The number of Topliss-reactive ketones (excluding diaryl/α,β-unsaturated/α-hetero) is 1. The number of ether oxygens (including phenoxy) is 1. The molecule has 0 atom stereocenters. The minimum absolute atomic E-state index is 0.0325. The Bertz CT molecular complexity index is 498. The summed E-state index contributed by atoms with van der Waals surface area (Å²) in [7, 11) is 4.92. The highest BCUT2D eigenvalue weighted by molar-refractivity contribution is 6.12.